The maximum absolute atomic E-state index is 12.3. The van der Waals surface area contributed by atoms with Crippen LogP contribution < -0.4 is 10.3 Å². The first-order chi connectivity index (χ1) is 11.9. The molecule has 0 spiro atoms. The summed E-state index contributed by atoms with van der Waals surface area (Å²) in [5.41, 5.74) is 3.13. The lowest BCUT2D eigenvalue weighted by Crippen LogP contribution is -2.39. The van der Waals surface area contributed by atoms with Crippen molar-refractivity contribution in [2.24, 2.45) is 5.10 Å². The molecule has 1 aliphatic rings. The number of hydrogen-bond acceptors (Lipinski definition) is 4. The molecule has 0 saturated heterocycles. The van der Waals surface area contributed by atoms with E-state index in [-0.39, 0.29) is 24.3 Å². The minimum atomic E-state index is -0.215. The smallest absolute Gasteiger partial charge is 0.267 e. The molecule has 1 heterocycles. The first kappa shape index (κ1) is 19.1. The summed E-state index contributed by atoms with van der Waals surface area (Å²) >= 11 is 0. The van der Waals surface area contributed by atoms with Crippen molar-refractivity contribution >= 4 is 23.2 Å². The molecule has 1 aliphatic heterocycles. The predicted octanol–water partition coefficient (Wildman–Crippen LogP) is 2.72. The van der Waals surface area contributed by atoms with E-state index in [9.17, 15) is 9.59 Å². The molecule has 6 heteroatoms. The van der Waals surface area contributed by atoms with E-state index in [0.29, 0.717) is 25.3 Å². The molecule has 2 amide bonds. The fourth-order valence-corrected chi connectivity index (χ4v) is 2.55. The SMILES string of the molecule is Cc1ccc(C)c(N2N=C(C(=O)NCCCOC(C)C)CCC2=O)c1. The van der Waals surface area contributed by atoms with Crippen LogP contribution in [0.25, 0.3) is 0 Å². The van der Waals surface area contributed by atoms with E-state index in [1.54, 1.807) is 0 Å². The third kappa shape index (κ3) is 5.39. The Morgan fingerprint density at radius 3 is 2.80 bits per heavy atom. The predicted molar refractivity (Wildman–Crippen MR) is 98.8 cm³/mol. The minimum Gasteiger partial charge on any atom is -0.379 e. The molecule has 25 heavy (non-hydrogen) atoms. The lowest BCUT2D eigenvalue weighted by Gasteiger charge is -2.24. The Balaban J connectivity index is 2.02. The molecule has 0 atom stereocenters. The van der Waals surface area contributed by atoms with E-state index in [4.69, 9.17) is 4.74 Å². The third-order valence-electron chi connectivity index (χ3n) is 3.95. The van der Waals surface area contributed by atoms with Gasteiger partial charge in [0.05, 0.1) is 11.8 Å². The van der Waals surface area contributed by atoms with Crippen molar-refractivity contribution in [2.75, 3.05) is 18.2 Å². The molecule has 2 rings (SSSR count). The number of rotatable bonds is 7. The minimum absolute atomic E-state index is 0.0874. The van der Waals surface area contributed by atoms with Gasteiger partial charge in [0.25, 0.3) is 5.91 Å². The van der Waals surface area contributed by atoms with E-state index in [1.165, 1.54) is 5.01 Å². The van der Waals surface area contributed by atoms with Crippen molar-refractivity contribution in [3.05, 3.63) is 29.3 Å². The van der Waals surface area contributed by atoms with Crippen molar-refractivity contribution in [2.45, 2.75) is 53.1 Å². The summed E-state index contributed by atoms with van der Waals surface area (Å²) in [5.74, 6) is -0.303. The average molecular weight is 345 g/mol. The average Bonchev–Trinajstić information content (AvgIpc) is 2.57. The normalized spacial score (nSPS) is 14.7. The summed E-state index contributed by atoms with van der Waals surface area (Å²) in [7, 11) is 0. The number of amides is 2. The Hall–Kier alpha value is -2.21. The van der Waals surface area contributed by atoms with Crippen molar-refractivity contribution in [1.29, 1.82) is 0 Å². The number of ether oxygens (including phenoxy) is 1. The lowest BCUT2D eigenvalue weighted by atomic mass is 10.1. The van der Waals surface area contributed by atoms with Crippen LogP contribution in [0.3, 0.4) is 0 Å². The number of hydrogen-bond donors (Lipinski definition) is 1. The van der Waals surface area contributed by atoms with Crippen LogP contribution in [0.15, 0.2) is 23.3 Å². The molecule has 136 valence electrons. The molecule has 0 aliphatic carbocycles. The van der Waals surface area contributed by atoms with Crippen molar-refractivity contribution in [3.63, 3.8) is 0 Å². The van der Waals surface area contributed by atoms with E-state index in [2.05, 4.69) is 10.4 Å². The molecule has 0 unspecified atom stereocenters. The number of nitrogens with one attached hydrogen (secondary N) is 1. The van der Waals surface area contributed by atoms with Crippen LogP contribution in [-0.4, -0.2) is 36.8 Å². The summed E-state index contributed by atoms with van der Waals surface area (Å²) in [6, 6.07) is 5.86. The lowest BCUT2D eigenvalue weighted by molar-refractivity contribution is -0.118. The highest BCUT2D eigenvalue weighted by molar-refractivity contribution is 6.40. The van der Waals surface area contributed by atoms with Crippen LogP contribution in [0.1, 0.15) is 44.2 Å². The Labute approximate surface area is 149 Å². The van der Waals surface area contributed by atoms with Crippen LogP contribution in [0.5, 0.6) is 0 Å². The van der Waals surface area contributed by atoms with Crippen molar-refractivity contribution < 1.29 is 14.3 Å². The zero-order valence-corrected chi connectivity index (χ0v) is 15.5. The monoisotopic (exact) mass is 345 g/mol. The van der Waals surface area contributed by atoms with E-state index in [0.717, 1.165) is 23.2 Å². The van der Waals surface area contributed by atoms with Gasteiger partial charge in [0, 0.05) is 26.0 Å². The molecule has 0 fully saturated rings. The van der Waals surface area contributed by atoms with E-state index in [1.807, 2.05) is 45.9 Å². The fourth-order valence-electron chi connectivity index (χ4n) is 2.55. The summed E-state index contributed by atoms with van der Waals surface area (Å²) < 4.78 is 5.45. The third-order valence-corrected chi connectivity index (χ3v) is 3.95. The molecule has 0 aromatic heterocycles. The van der Waals surface area contributed by atoms with Gasteiger partial charge in [-0.1, -0.05) is 12.1 Å². The summed E-state index contributed by atoms with van der Waals surface area (Å²) in [6.45, 7) is 9.00. The fraction of sp³-hybridized carbons (Fsp3) is 0.526. The van der Waals surface area contributed by atoms with Gasteiger partial charge in [-0.2, -0.15) is 5.10 Å². The van der Waals surface area contributed by atoms with Crippen LogP contribution in [0, 0.1) is 13.8 Å². The maximum atomic E-state index is 12.3. The van der Waals surface area contributed by atoms with Gasteiger partial charge in [-0.05, 0) is 51.3 Å². The van der Waals surface area contributed by atoms with Crippen LogP contribution in [0.4, 0.5) is 5.69 Å². The van der Waals surface area contributed by atoms with E-state index >= 15 is 0 Å². The second kappa shape index (κ2) is 8.76. The number of benzene rings is 1. The molecular weight excluding hydrogens is 318 g/mol. The number of aryl methyl sites for hydroxylation is 2. The van der Waals surface area contributed by atoms with Gasteiger partial charge < -0.3 is 10.1 Å². The highest BCUT2D eigenvalue weighted by atomic mass is 16.5. The van der Waals surface area contributed by atoms with Gasteiger partial charge in [0.15, 0.2) is 0 Å². The quantitative estimate of drug-likeness (QED) is 0.773. The van der Waals surface area contributed by atoms with Gasteiger partial charge in [0.1, 0.15) is 5.71 Å². The largest absolute Gasteiger partial charge is 0.379 e. The zero-order valence-electron chi connectivity index (χ0n) is 15.5. The van der Waals surface area contributed by atoms with E-state index < -0.39 is 0 Å². The standard InChI is InChI=1S/C19H27N3O3/c1-13(2)25-11-5-10-20-19(24)16-8-9-18(23)22(21-16)17-12-14(3)6-7-15(17)4/h6-7,12-13H,5,8-11H2,1-4H3,(H,20,24). The second-order valence-electron chi connectivity index (χ2n) is 6.57. The first-order valence-corrected chi connectivity index (χ1v) is 8.76. The number of nitrogens with zero attached hydrogens (tertiary/aromatic N) is 2. The van der Waals surface area contributed by atoms with Gasteiger partial charge in [-0.3, -0.25) is 9.59 Å². The summed E-state index contributed by atoms with van der Waals surface area (Å²) in [6.07, 6.45) is 1.59. The first-order valence-electron chi connectivity index (χ1n) is 8.76. The highest BCUT2D eigenvalue weighted by Crippen LogP contribution is 2.25. The Kier molecular flexibility index (Phi) is 6.70. The van der Waals surface area contributed by atoms with Crippen LogP contribution in [0.2, 0.25) is 0 Å². The maximum Gasteiger partial charge on any atom is 0.267 e. The van der Waals surface area contributed by atoms with Crippen LogP contribution >= 0.6 is 0 Å². The number of carbonyl (C=O) groups is 2. The second-order valence-corrected chi connectivity index (χ2v) is 6.57. The van der Waals surface area contributed by atoms with Gasteiger partial charge >= 0.3 is 0 Å². The van der Waals surface area contributed by atoms with Crippen molar-refractivity contribution in [3.8, 4) is 0 Å². The molecule has 6 nitrogen and oxygen atoms in total. The molecule has 1 aromatic carbocycles. The molecule has 0 bridgehead atoms. The highest BCUT2D eigenvalue weighted by Gasteiger charge is 2.26. The number of anilines is 1. The molecule has 1 aromatic rings. The molecule has 0 saturated carbocycles. The topological polar surface area (TPSA) is 71.0 Å². The van der Waals surface area contributed by atoms with Gasteiger partial charge in [-0.15, -0.1) is 0 Å². The Morgan fingerprint density at radius 2 is 2.08 bits per heavy atom. The number of hydrazone groups is 1. The van der Waals surface area contributed by atoms with Gasteiger partial charge in [-0.25, -0.2) is 5.01 Å². The van der Waals surface area contributed by atoms with Crippen molar-refractivity contribution in [1.82, 2.24) is 5.32 Å². The Morgan fingerprint density at radius 1 is 1.32 bits per heavy atom. The summed E-state index contributed by atoms with van der Waals surface area (Å²) in [4.78, 5) is 24.6. The van der Waals surface area contributed by atoms with Crippen LogP contribution in [-0.2, 0) is 14.3 Å². The molecule has 0 radical (unpaired) electrons. The number of carbonyl (C=O) groups excluding carboxylic acids is 2. The Bertz CT molecular complexity index is 668. The summed E-state index contributed by atoms with van der Waals surface area (Å²) in [5, 5.41) is 8.53. The van der Waals surface area contributed by atoms with Gasteiger partial charge in [0.2, 0.25) is 5.91 Å². The molecule has 1 N–H and O–H groups in total. The molecular formula is C19H27N3O3. The zero-order chi connectivity index (χ0) is 18.4.